The smallest absolute Gasteiger partial charge is 0.409 e. The first kappa shape index (κ1) is 34.8. The Balaban J connectivity index is 1.97. The number of carbonyl (C=O) groups is 1. The number of nitrogens with zero attached hydrogens (tertiary/aromatic N) is 3. The van der Waals surface area contributed by atoms with Crippen LogP contribution in [0.25, 0.3) is 5.57 Å². The van der Waals surface area contributed by atoms with E-state index in [2.05, 4.69) is 15.1 Å². The van der Waals surface area contributed by atoms with Gasteiger partial charge in [-0.2, -0.15) is 26.3 Å². The largest absolute Gasteiger partial charge is 0.420 e. The average Bonchev–Trinajstić information content (AvgIpc) is 2.94. The van der Waals surface area contributed by atoms with Crippen LogP contribution in [-0.4, -0.2) is 85.7 Å². The molecule has 0 atom stereocenters. The Morgan fingerprint density at radius 3 is 2.11 bits per heavy atom. The van der Waals surface area contributed by atoms with Crippen molar-refractivity contribution in [3.63, 3.8) is 0 Å². The first-order valence-electron chi connectivity index (χ1n) is 13.7. The molecular formula is C29H34F7N5O3. The molecule has 3 N–H and O–H groups in total. The van der Waals surface area contributed by atoms with Crippen molar-refractivity contribution < 1.29 is 45.4 Å². The highest BCUT2D eigenvalue weighted by molar-refractivity contribution is 6.10. The highest BCUT2D eigenvalue weighted by Gasteiger charge is 2.42. The summed E-state index contributed by atoms with van der Waals surface area (Å²) in [4.78, 5) is 18.4. The molecular weight excluding hydrogens is 599 g/mol. The van der Waals surface area contributed by atoms with Gasteiger partial charge in [-0.3, -0.25) is 14.7 Å². The molecule has 1 fully saturated rings. The normalized spacial score (nSPS) is 15.4. The van der Waals surface area contributed by atoms with Crippen molar-refractivity contribution in [2.45, 2.75) is 32.2 Å². The second-order valence-corrected chi connectivity index (χ2v) is 10.3. The molecule has 0 bridgehead atoms. The molecule has 0 radical (unpaired) electrons. The lowest BCUT2D eigenvalue weighted by Crippen LogP contribution is -2.48. The molecule has 1 heterocycles. The number of β-amino-alcohol motifs (C(OH)–C–C–N with tert-alkyl or cyclic N) is 1. The maximum atomic E-state index is 14.2. The number of alkyl halides is 6. The van der Waals surface area contributed by atoms with E-state index >= 15 is 0 Å². The topological polar surface area (TPSA) is 92.1 Å². The lowest BCUT2D eigenvalue weighted by atomic mass is 9.98. The summed E-state index contributed by atoms with van der Waals surface area (Å²) in [6.07, 6.45) is -10.2. The average molecular weight is 634 g/mol. The van der Waals surface area contributed by atoms with Crippen molar-refractivity contribution >= 4 is 23.6 Å². The maximum Gasteiger partial charge on any atom is 0.420 e. The quantitative estimate of drug-likeness (QED) is 0.173. The van der Waals surface area contributed by atoms with E-state index in [0.717, 1.165) is 36.3 Å². The number of carbonyl (C=O) groups excluding carboxylic acids is 1. The van der Waals surface area contributed by atoms with E-state index < -0.39 is 58.3 Å². The van der Waals surface area contributed by atoms with Gasteiger partial charge >= 0.3 is 18.4 Å². The van der Waals surface area contributed by atoms with Gasteiger partial charge in [0.2, 0.25) is 0 Å². The predicted molar refractivity (Wildman–Crippen MR) is 151 cm³/mol. The summed E-state index contributed by atoms with van der Waals surface area (Å²) in [6, 6.07) is 4.01. The van der Waals surface area contributed by atoms with Crippen LogP contribution in [-0.2, 0) is 12.4 Å². The number of benzene rings is 2. The van der Waals surface area contributed by atoms with E-state index in [4.69, 9.17) is 15.3 Å². The van der Waals surface area contributed by atoms with Crippen LogP contribution in [0.5, 0.6) is 5.75 Å². The van der Waals surface area contributed by atoms with Gasteiger partial charge in [0.1, 0.15) is 5.82 Å². The number of halogens is 7. The first-order chi connectivity index (χ1) is 20.6. The third-order valence-electron chi connectivity index (χ3n) is 6.91. The van der Waals surface area contributed by atoms with Crippen molar-refractivity contribution in [3.05, 3.63) is 65.1 Å². The van der Waals surface area contributed by atoms with Crippen molar-refractivity contribution in [3.8, 4) is 5.75 Å². The molecule has 1 aliphatic heterocycles. The monoisotopic (exact) mass is 633 g/mol. The summed E-state index contributed by atoms with van der Waals surface area (Å²) in [6.45, 7) is 7.24. The molecule has 0 spiro atoms. The molecule has 15 heteroatoms. The van der Waals surface area contributed by atoms with Crippen LogP contribution in [0, 0.1) is 11.2 Å². The van der Waals surface area contributed by atoms with Gasteiger partial charge in [0.05, 0.1) is 17.7 Å². The Hall–Kier alpha value is -3.69. The third kappa shape index (κ3) is 9.16. The minimum atomic E-state index is -5.37. The standard InChI is InChI=1S/C29H34F7N5O3/c1-19(2)41(23-5-3-22(30)4-6-23)27(43)44-26-24(15-21(28(31,32)33)16-25(26)29(34,35)36)20(17-37)18-38-7-8-39-9-11-40(12-10-39)13-14-42/h3-6,15-19,37-38,42H,7-14H2,1-2H3/b20-18+,37-17?. The lowest BCUT2D eigenvalue weighted by molar-refractivity contribution is -0.143. The number of amides is 1. The molecule has 0 saturated carbocycles. The third-order valence-corrected chi connectivity index (χ3v) is 6.91. The maximum absolute atomic E-state index is 14.2. The summed E-state index contributed by atoms with van der Waals surface area (Å²) in [5, 5.41) is 19.7. The lowest BCUT2D eigenvalue weighted by Gasteiger charge is -2.34. The SMILES string of the molecule is CC(C)N(C(=O)Oc1c(/C(C=N)=C/NCCN2CCN(CCO)CC2)cc(C(F)(F)F)cc1C(F)(F)F)c1ccc(F)cc1. The van der Waals surface area contributed by atoms with Gasteiger partial charge < -0.3 is 20.6 Å². The number of rotatable bonds is 11. The number of anilines is 1. The Kier molecular flexibility index (Phi) is 11.8. The number of aliphatic hydroxyl groups is 1. The molecule has 0 unspecified atom stereocenters. The highest BCUT2D eigenvalue weighted by Crippen LogP contribution is 2.44. The van der Waals surface area contributed by atoms with Crippen LogP contribution >= 0.6 is 0 Å². The molecule has 3 rings (SSSR count). The number of piperazine rings is 1. The van der Waals surface area contributed by atoms with Crippen LogP contribution in [0.1, 0.15) is 30.5 Å². The predicted octanol–water partition coefficient (Wildman–Crippen LogP) is 5.47. The molecule has 1 aliphatic rings. The zero-order valence-corrected chi connectivity index (χ0v) is 24.1. The van der Waals surface area contributed by atoms with E-state index in [1.54, 1.807) is 0 Å². The van der Waals surface area contributed by atoms with Gasteiger partial charge in [0.25, 0.3) is 0 Å². The summed E-state index contributed by atoms with van der Waals surface area (Å²) >= 11 is 0. The van der Waals surface area contributed by atoms with Gasteiger partial charge in [0, 0.05) is 81.1 Å². The minimum absolute atomic E-state index is 0.0450. The molecule has 1 amide bonds. The highest BCUT2D eigenvalue weighted by atomic mass is 19.4. The molecule has 0 aliphatic carbocycles. The number of aliphatic hydroxyl groups excluding tert-OH is 1. The summed E-state index contributed by atoms with van der Waals surface area (Å²) < 4.78 is 103. The van der Waals surface area contributed by atoms with Crippen molar-refractivity contribution in [1.29, 1.82) is 5.41 Å². The van der Waals surface area contributed by atoms with E-state index in [1.165, 1.54) is 26.0 Å². The Morgan fingerprint density at radius 2 is 1.61 bits per heavy atom. The van der Waals surface area contributed by atoms with E-state index in [1.807, 2.05) is 0 Å². The zero-order chi connectivity index (χ0) is 32.7. The fourth-order valence-corrected chi connectivity index (χ4v) is 4.66. The van der Waals surface area contributed by atoms with Gasteiger partial charge in [-0.05, 0) is 50.2 Å². The van der Waals surface area contributed by atoms with Crippen LogP contribution in [0.2, 0.25) is 0 Å². The molecule has 2 aromatic carbocycles. The first-order valence-corrected chi connectivity index (χ1v) is 13.7. The van der Waals surface area contributed by atoms with Crippen molar-refractivity contribution in [1.82, 2.24) is 15.1 Å². The number of ether oxygens (including phenoxy) is 1. The fourth-order valence-electron chi connectivity index (χ4n) is 4.66. The molecule has 0 aromatic heterocycles. The van der Waals surface area contributed by atoms with Gasteiger partial charge in [-0.15, -0.1) is 0 Å². The van der Waals surface area contributed by atoms with Crippen LogP contribution < -0.4 is 15.0 Å². The van der Waals surface area contributed by atoms with E-state index in [0.29, 0.717) is 38.5 Å². The van der Waals surface area contributed by atoms with Crippen LogP contribution in [0.15, 0.2) is 42.6 Å². The second-order valence-electron chi connectivity index (χ2n) is 10.3. The second kappa shape index (κ2) is 14.9. The minimum Gasteiger partial charge on any atom is -0.409 e. The number of allylic oxidation sites excluding steroid dienone is 1. The number of nitrogens with one attached hydrogen (secondary N) is 2. The van der Waals surface area contributed by atoms with Crippen LogP contribution in [0.4, 0.5) is 41.2 Å². The summed E-state index contributed by atoms with van der Waals surface area (Å²) in [5.74, 6) is -1.84. The molecule has 8 nitrogen and oxygen atoms in total. The molecule has 242 valence electrons. The fraction of sp³-hybridized carbons (Fsp3) is 0.448. The van der Waals surface area contributed by atoms with Crippen LogP contribution in [0.3, 0.4) is 0 Å². The van der Waals surface area contributed by atoms with E-state index in [9.17, 15) is 35.5 Å². The zero-order valence-electron chi connectivity index (χ0n) is 24.1. The summed E-state index contributed by atoms with van der Waals surface area (Å²) in [5.41, 5.74) is -4.59. The molecule has 2 aromatic rings. The van der Waals surface area contributed by atoms with Gasteiger partial charge in [-0.25, -0.2) is 9.18 Å². The van der Waals surface area contributed by atoms with Crippen molar-refractivity contribution in [2.24, 2.45) is 0 Å². The number of hydrogen-bond acceptors (Lipinski definition) is 7. The Bertz CT molecular complexity index is 1310. The van der Waals surface area contributed by atoms with E-state index in [-0.39, 0.29) is 24.9 Å². The number of hydrogen-bond donors (Lipinski definition) is 3. The molecule has 1 saturated heterocycles. The Labute approximate surface area is 250 Å². The molecule has 44 heavy (non-hydrogen) atoms. The Morgan fingerprint density at radius 1 is 1.02 bits per heavy atom. The van der Waals surface area contributed by atoms with Gasteiger partial charge in [0.15, 0.2) is 5.75 Å². The summed E-state index contributed by atoms with van der Waals surface area (Å²) in [7, 11) is 0. The van der Waals surface area contributed by atoms with Gasteiger partial charge in [-0.1, -0.05) is 0 Å². The van der Waals surface area contributed by atoms with Crippen molar-refractivity contribution in [2.75, 3.05) is 57.3 Å².